The van der Waals surface area contributed by atoms with Crippen LogP contribution in [0.1, 0.15) is 20.0 Å². The summed E-state index contributed by atoms with van der Waals surface area (Å²) in [6, 6.07) is 6.69. The van der Waals surface area contributed by atoms with Crippen LogP contribution < -0.4 is 5.32 Å². The van der Waals surface area contributed by atoms with Gasteiger partial charge in [0.15, 0.2) is 0 Å². The molecule has 1 amide bonds. The SMILES string of the molecule is O=C(Nc1ccc(C(=O)O)s1)c1cc(Br)cc([N+](=O)[O-])c1. The predicted octanol–water partition coefficient (Wildman–Crippen LogP) is 3.37. The van der Waals surface area contributed by atoms with Gasteiger partial charge in [0.2, 0.25) is 0 Å². The van der Waals surface area contributed by atoms with Gasteiger partial charge in [-0.05, 0) is 18.2 Å². The Balaban J connectivity index is 2.23. The van der Waals surface area contributed by atoms with E-state index in [1.165, 1.54) is 24.3 Å². The number of nitrogens with zero attached hydrogens (tertiary/aromatic N) is 1. The number of aromatic carboxylic acids is 1. The van der Waals surface area contributed by atoms with E-state index in [-0.39, 0.29) is 16.1 Å². The van der Waals surface area contributed by atoms with Gasteiger partial charge in [-0.2, -0.15) is 0 Å². The second-order valence-electron chi connectivity index (χ2n) is 3.88. The average molecular weight is 371 g/mol. The van der Waals surface area contributed by atoms with Crippen molar-refractivity contribution in [2.24, 2.45) is 0 Å². The molecule has 2 N–H and O–H groups in total. The summed E-state index contributed by atoms with van der Waals surface area (Å²) in [5.74, 6) is -1.64. The van der Waals surface area contributed by atoms with Crippen LogP contribution in [0, 0.1) is 10.1 Å². The number of non-ortho nitro benzene ring substituents is 1. The summed E-state index contributed by atoms with van der Waals surface area (Å²) in [5, 5.41) is 22.4. The standard InChI is InChI=1S/C12H7BrN2O5S/c13-7-3-6(4-8(5-7)15(19)20)11(16)14-10-2-1-9(21-10)12(17)18/h1-5H,(H,14,16)(H,17,18). The minimum Gasteiger partial charge on any atom is -0.477 e. The number of hydrogen-bond donors (Lipinski definition) is 2. The van der Waals surface area contributed by atoms with E-state index in [0.29, 0.717) is 9.47 Å². The molecule has 0 unspecified atom stereocenters. The lowest BCUT2D eigenvalue weighted by Crippen LogP contribution is -2.11. The van der Waals surface area contributed by atoms with Crippen molar-refractivity contribution < 1.29 is 19.6 Å². The number of hydrogen-bond acceptors (Lipinski definition) is 5. The van der Waals surface area contributed by atoms with Gasteiger partial charge in [-0.15, -0.1) is 11.3 Å². The monoisotopic (exact) mass is 370 g/mol. The Labute approximate surface area is 130 Å². The molecule has 1 aromatic heterocycles. The molecule has 0 aliphatic heterocycles. The summed E-state index contributed by atoms with van der Waals surface area (Å²) in [5.41, 5.74) is -0.117. The molecule has 0 aliphatic carbocycles. The van der Waals surface area contributed by atoms with Crippen LogP contribution in [0.15, 0.2) is 34.8 Å². The maximum atomic E-state index is 12.0. The van der Waals surface area contributed by atoms with Crippen molar-refractivity contribution in [3.63, 3.8) is 0 Å². The maximum Gasteiger partial charge on any atom is 0.345 e. The van der Waals surface area contributed by atoms with Crippen LogP contribution in [0.4, 0.5) is 10.7 Å². The number of thiophene rings is 1. The van der Waals surface area contributed by atoms with Gasteiger partial charge in [0.05, 0.1) is 9.92 Å². The molecule has 0 spiro atoms. The highest BCUT2D eigenvalue weighted by atomic mass is 79.9. The summed E-state index contributed by atoms with van der Waals surface area (Å²) < 4.78 is 0.402. The molecular weight excluding hydrogens is 364 g/mol. The number of carboxylic acids is 1. The second-order valence-corrected chi connectivity index (χ2v) is 5.88. The van der Waals surface area contributed by atoms with E-state index in [1.54, 1.807) is 0 Å². The van der Waals surface area contributed by atoms with Crippen LogP contribution in [0.2, 0.25) is 0 Å². The number of nitro groups is 1. The lowest BCUT2D eigenvalue weighted by atomic mass is 10.2. The number of rotatable bonds is 4. The Morgan fingerprint density at radius 3 is 2.57 bits per heavy atom. The van der Waals surface area contributed by atoms with E-state index in [4.69, 9.17) is 5.11 Å². The lowest BCUT2D eigenvalue weighted by molar-refractivity contribution is -0.384. The second kappa shape index (κ2) is 6.02. The summed E-state index contributed by atoms with van der Waals surface area (Å²) in [7, 11) is 0. The third-order valence-electron chi connectivity index (χ3n) is 2.41. The molecule has 0 fully saturated rings. The van der Waals surface area contributed by atoms with Gasteiger partial charge < -0.3 is 10.4 Å². The van der Waals surface area contributed by atoms with Crippen molar-refractivity contribution in [3.8, 4) is 0 Å². The fraction of sp³-hybridized carbons (Fsp3) is 0. The molecular formula is C12H7BrN2O5S. The summed E-state index contributed by atoms with van der Waals surface area (Å²) in [4.78, 5) is 33.0. The van der Waals surface area contributed by atoms with Crippen LogP contribution in [0.5, 0.6) is 0 Å². The normalized spacial score (nSPS) is 10.1. The van der Waals surface area contributed by atoms with Gasteiger partial charge >= 0.3 is 5.97 Å². The third-order valence-corrected chi connectivity index (χ3v) is 3.86. The Kier molecular flexibility index (Phi) is 4.34. The quantitative estimate of drug-likeness (QED) is 0.633. The lowest BCUT2D eigenvalue weighted by Gasteiger charge is -2.03. The van der Waals surface area contributed by atoms with E-state index in [0.717, 1.165) is 17.4 Å². The number of nitrogens with one attached hydrogen (secondary N) is 1. The topological polar surface area (TPSA) is 110 Å². The number of anilines is 1. The number of halogens is 1. The highest BCUT2D eigenvalue weighted by molar-refractivity contribution is 9.10. The zero-order chi connectivity index (χ0) is 15.6. The van der Waals surface area contributed by atoms with Crippen molar-refractivity contribution in [1.29, 1.82) is 0 Å². The van der Waals surface area contributed by atoms with Crippen molar-refractivity contribution in [3.05, 3.63) is 55.4 Å². The summed E-state index contributed by atoms with van der Waals surface area (Å²) in [6.07, 6.45) is 0. The first-order valence-electron chi connectivity index (χ1n) is 5.46. The minimum atomic E-state index is -1.08. The molecule has 0 aliphatic rings. The van der Waals surface area contributed by atoms with Crippen LogP contribution >= 0.6 is 27.3 Å². The maximum absolute atomic E-state index is 12.0. The van der Waals surface area contributed by atoms with Crippen LogP contribution in [-0.4, -0.2) is 21.9 Å². The van der Waals surface area contributed by atoms with E-state index >= 15 is 0 Å². The van der Waals surface area contributed by atoms with Gasteiger partial charge in [-0.25, -0.2) is 4.79 Å². The van der Waals surface area contributed by atoms with Gasteiger partial charge in [0.25, 0.3) is 11.6 Å². The predicted molar refractivity (Wildman–Crippen MR) is 80.0 cm³/mol. The third kappa shape index (κ3) is 3.64. The van der Waals surface area contributed by atoms with Crippen molar-refractivity contribution in [1.82, 2.24) is 0 Å². The summed E-state index contributed by atoms with van der Waals surface area (Å²) >= 11 is 4.00. The van der Waals surface area contributed by atoms with Crippen LogP contribution in [-0.2, 0) is 0 Å². The molecule has 0 saturated carbocycles. The van der Waals surface area contributed by atoms with Gasteiger partial charge in [0.1, 0.15) is 4.88 Å². The van der Waals surface area contributed by atoms with E-state index in [2.05, 4.69) is 21.2 Å². The number of carbonyl (C=O) groups excluding carboxylic acids is 1. The van der Waals surface area contributed by atoms with Gasteiger partial charge in [-0.3, -0.25) is 14.9 Å². The smallest absolute Gasteiger partial charge is 0.345 e. The molecule has 2 aromatic rings. The molecule has 1 heterocycles. The molecule has 21 heavy (non-hydrogen) atoms. The van der Waals surface area contributed by atoms with Crippen molar-refractivity contribution in [2.75, 3.05) is 5.32 Å². The number of benzene rings is 1. The fourth-order valence-corrected chi connectivity index (χ4v) is 2.74. The number of carbonyl (C=O) groups is 2. The molecule has 0 bridgehead atoms. The molecule has 9 heteroatoms. The van der Waals surface area contributed by atoms with Crippen LogP contribution in [0.3, 0.4) is 0 Å². The van der Waals surface area contributed by atoms with Gasteiger partial charge in [-0.1, -0.05) is 15.9 Å². The largest absolute Gasteiger partial charge is 0.477 e. The zero-order valence-electron chi connectivity index (χ0n) is 10.2. The zero-order valence-corrected chi connectivity index (χ0v) is 12.6. The Morgan fingerprint density at radius 1 is 1.29 bits per heavy atom. The Morgan fingerprint density at radius 2 is 2.00 bits per heavy atom. The molecule has 108 valence electrons. The van der Waals surface area contributed by atoms with Crippen molar-refractivity contribution in [2.45, 2.75) is 0 Å². The number of nitro benzene ring substituents is 1. The fourth-order valence-electron chi connectivity index (χ4n) is 1.51. The molecule has 0 radical (unpaired) electrons. The number of carboxylic acid groups (broad SMARTS) is 1. The molecule has 0 saturated heterocycles. The van der Waals surface area contributed by atoms with Crippen molar-refractivity contribution >= 4 is 49.8 Å². The van der Waals surface area contributed by atoms with E-state index in [1.807, 2.05) is 0 Å². The molecule has 2 rings (SSSR count). The Bertz CT molecular complexity index is 743. The summed E-state index contributed by atoms with van der Waals surface area (Å²) in [6.45, 7) is 0. The van der Waals surface area contributed by atoms with E-state index < -0.39 is 16.8 Å². The average Bonchev–Trinajstić information content (AvgIpc) is 2.86. The number of amides is 1. The first-order chi connectivity index (χ1) is 9.86. The highest BCUT2D eigenvalue weighted by Crippen LogP contribution is 2.25. The van der Waals surface area contributed by atoms with Gasteiger partial charge in [0, 0.05) is 22.2 Å². The van der Waals surface area contributed by atoms with E-state index in [9.17, 15) is 19.7 Å². The molecule has 7 nitrogen and oxygen atoms in total. The minimum absolute atomic E-state index is 0.0884. The Hall–Kier alpha value is -2.26. The molecule has 0 atom stereocenters. The van der Waals surface area contributed by atoms with Crippen LogP contribution in [0.25, 0.3) is 0 Å². The first-order valence-corrected chi connectivity index (χ1v) is 7.07. The first kappa shape index (κ1) is 15.1. The highest BCUT2D eigenvalue weighted by Gasteiger charge is 2.15. The molecule has 1 aromatic carbocycles.